The van der Waals surface area contributed by atoms with Crippen LogP contribution in [0.4, 0.5) is 0 Å². The summed E-state index contributed by atoms with van der Waals surface area (Å²) >= 11 is 0. The molecular weight excluding hydrogens is 238 g/mol. The summed E-state index contributed by atoms with van der Waals surface area (Å²) in [5.74, 6) is 0.995. The zero-order valence-electron chi connectivity index (χ0n) is 12.9. The lowest BCUT2D eigenvalue weighted by Crippen LogP contribution is -2.27. The molecule has 0 saturated heterocycles. The van der Waals surface area contributed by atoms with Gasteiger partial charge in [0.15, 0.2) is 0 Å². The molecule has 0 aromatic heterocycles. The van der Waals surface area contributed by atoms with Gasteiger partial charge in [-0.2, -0.15) is 0 Å². The highest BCUT2D eigenvalue weighted by Crippen LogP contribution is 2.24. The summed E-state index contributed by atoms with van der Waals surface area (Å²) in [7, 11) is 0. The molecule has 3 nitrogen and oxygen atoms in total. The second kappa shape index (κ2) is 8.18. The van der Waals surface area contributed by atoms with E-state index in [4.69, 9.17) is 9.47 Å². The first-order valence-electron chi connectivity index (χ1n) is 7.02. The average molecular weight is 265 g/mol. The predicted octanol–water partition coefficient (Wildman–Crippen LogP) is 3.01. The molecule has 0 aliphatic heterocycles. The van der Waals surface area contributed by atoms with Crippen molar-refractivity contribution in [1.82, 2.24) is 5.32 Å². The Balaban J connectivity index is 2.23. The van der Waals surface area contributed by atoms with Gasteiger partial charge >= 0.3 is 0 Å². The number of rotatable bonds is 8. The molecule has 0 spiro atoms. The van der Waals surface area contributed by atoms with Crippen LogP contribution >= 0.6 is 0 Å². The van der Waals surface area contributed by atoms with E-state index in [1.165, 1.54) is 16.7 Å². The first kappa shape index (κ1) is 16.0. The molecule has 1 aromatic carbocycles. The Morgan fingerprint density at radius 3 is 2.21 bits per heavy atom. The molecule has 0 bridgehead atoms. The molecule has 0 aliphatic carbocycles. The Hall–Kier alpha value is -1.06. The molecule has 0 saturated carbocycles. The highest BCUT2D eigenvalue weighted by Gasteiger charge is 2.04. The minimum Gasteiger partial charge on any atom is -0.491 e. The van der Waals surface area contributed by atoms with Crippen LogP contribution in [0, 0.1) is 20.8 Å². The highest BCUT2D eigenvalue weighted by molar-refractivity contribution is 5.42. The van der Waals surface area contributed by atoms with E-state index in [0.29, 0.717) is 19.3 Å². The van der Waals surface area contributed by atoms with Crippen LogP contribution in [0.25, 0.3) is 0 Å². The maximum Gasteiger partial charge on any atom is 0.125 e. The van der Waals surface area contributed by atoms with Crippen LogP contribution in [0.3, 0.4) is 0 Å². The quantitative estimate of drug-likeness (QED) is 0.733. The fraction of sp³-hybridized carbons (Fsp3) is 0.625. The highest BCUT2D eigenvalue weighted by atomic mass is 16.5. The summed E-state index contributed by atoms with van der Waals surface area (Å²) in [6.45, 7) is 13.4. The van der Waals surface area contributed by atoms with Crippen molar-refractivity contribution in [3.63, 3.8) is 0 Å². The molecule has 108 valence electrons. The van der Waals surface area contributed by atoms with Gasteiger partial charge in [0.05, 0.1) is 13.2 Å². The number of hydrogen-bond acceptors (Lipinski definition) is 3. The first-order chi connectivity index (χ1) is 9.00. The van der Waals surface area contributed by atoms with Crippen LogP contribution in [-0.4, -0.2) is 32.4 Å². The Labute approximate surface area is 117 Å². The monoisotopic (exact) mass is 265 g/mol. The van der Waals surface area contributed by atoms with E-state index in [9.17, 15) is 0 Å². The van der Waals surface area contributed by atoms with Gasteiger partial charge in [-0.3, -0.25) is 0 Å². The van der Waals surface area contributed by atoms with Crippen molar-refractivity contribution in [2.24, 2.45) is 0 Å². The lowest BCUT2D eigenvalue weighted by Gasteiger charge is -2.13. The number of hydrogen-bond donors (Lipinski definition) is 1. The van der Waals surface area contributed by atoms with Crippen LogP contribution in [0.5, 0.6) is 5.75 Å². The molecule has 0 fully saturated rings. The van der Waals surface area contributed by atoms with Crippen molar-refractivity contribution in [3.05, 3.63) is 28.8 Å². The zero-order valence-corrected chi connectivity index (χ0v) is 12.9. The van der Waals surface area contributed by atoms with Gasteiger partial charge in [-0.15, -0.1) is 0 Å². The number of nitrogens with one attached hydrogen (secondary N) is 1. The van der Waals surface area contributed by atoms with E-state index in [1.807, 2.05) is 0 Å². The van der Waals surface area contributed by atoms with Gasteiger partial charge in [0, 0.05) is 12.6 Å². The van der Waals surface area contributed by atoms with E-state index in [-0.39, 0.29) is 0 Å². The Morgan fingerprint density at radius 1 is 1.00 bits per heavy atom. The van der Waals surface area contributed by atoms with Gasteiger partial charge in [-0.05, 0) is 31.9 Å². The minimum absolute atomic E-state index is 0.512. The largest absolute Gasteiger partial charge is 0.491 e. The van der Waals surface area contributed by atoms with Gasteiger partial charge in [-0.25, -0.2) is 0 Å². The van der Waals surface area contributed by atoms with Gasteiger partial charge in [0.1, 0.15) is 12.4 Å². The molecule has 19 heavy (non-hydrogen) atoms. The summed E-state index contributed by atoms with van der Waals surface area (Å²) in [6.07, 6.45) is 0. The van der Waals surface area contributed by atoms with Crippen LogP contribution < -0.4 is 10.1 Å². The van der Waals surface area contributed by atoms with Crippen LogP contribution in [0.15, 0.2) is 12.1 Å². The summed E-state index contributed by atoms with van der Waals surface area (Å²) in [6, 6.07) is 4.81. The molecule has 1 rings (SSSR count). The van der Waals surface area contributed by atoms with Gasteiger partial charge in [-0.1, -0.05) is 31.5 Å². The lowest BCUT2D eigenvalue weighted by molar-refractivity contribution is 0.100. The second-order valence-electron chi connectivity index (χ2n) is 5.30. The van der Waals surface area contributed by atoms with Crippen LogP contribution in [0.2, 0.25) is 0 Å². The van der Waals surface area contributed by atoms with E-state index in [1.54, 1.807) is 0 Å². The average Bonchev–Trinajstić information content (AvgIpc) is 2.30. The molecule has 0 atom stereocenters. The number of benzene rings is 1. The zero-order chi connectivity index (χ0) is 14.3. The summed E-state index contributed by atoms with van der Waals surface area (Å²) in [5.41, 5.74) is 3.66. The maximum atomic E-state index is 5.80. The Morgan fingerprint density at radius 2 is 1.63 bits per heavy atom. The molecule has 0 unspecified atom stereocenters. The van der Waals surface area contributed by atoms with Gasteiger partial charge in [0.2, 0.25) is 0 Å². The van der Waals surface area contributed by atoms with Crippen molar-refractivity contribution >= 4 is 0 Å². The predicted molar refractivity (Wildman–Crippen MR) is 80.1 cm³/mol. The Bertz CT molecular complexity index is 365. The summed E-state index contributed by atoms with van der Waals surface area (Å²) < 4.78 is 11.3. The molecule has 1 N–H and O–H groups in total. The van der Waals surface area contributed by atoms with E-state index >= 15 is 0 Å². The fourth-order valence-corrected chi connectivity index (χ4v) is 2.12. The number of aryl methyl sites for hydroxylation is 3. The van der Waals surface area contributed by atoms with Crippen molar-refractivity contribution in [2.75, 3.05) is 26.4 Å². The smallest absolute Gasteiger partial charge is 0.125 e. The molecule has 1 aromatic rings. The Kier molecular flexibility index (Phi) is 6.89. The van der Waals surface area contributed by atoms with Crippen molar-refractivity contribution in [1.29, 1.82) is 0 Å². The fourth-order valence-electron chi connectivity index (χ4n) is 2.12. The third-order valence-electron chi connectivity index (χ3n) is 2.88. The first-order valence-corrected chi connectivity index (χ1v) is 7.02. The molecule has 0 heterocycles. The lowest BCUT2D eigenvalue weighted by atomic mass is 10.1. The van der Waals surface area contributed by atoms with E-state index < -0.39 is 0 Å². The minimum atomic E-state index is 0.512. The van der Waals surface area contributed by atoms with Crippen molar-refractivity contribution in [2.45, 2.75) is 40.7 Å². The van der Waals surface area contributed by atoms with Crippen molar-refractivity contribution in [3.8, 4) is 5.75 Å². The third-order valence-corrected chi connectivity index (χ3v) is 2.88. The molecular formula is C16H27NO2. The standard InChI is InChI=1S/C16H27NO2/c1-12(2)17-6-7-18-8-9-19-16-14(4)10-13(3)11-15(16)5/h10-12,17H,6-9H2,1-5H3. The topological polar surface area (TPSA) is 30.5 Å². The van der Waals surface area contributed by atoms with Gasteiger partial charge in [0.25, 0.3) is 0 Å². The molecule has 0 amide bonds. The van der Waals surface area contributed by atoms with E-state index in [2.05, 4.69) is 52.1 Å². The van der Waals surface area contributed by atoms with Crippen LogP contribution in [0.1, 0.15) is 30.5 Å². The normalized spacial score (nSPS) is 11.1. The van der Waals surface area contributed by atoms with Crippen LogP contribution in [-0.2, 0) is 4.74 Å². The van der Waals surface area contributed by atoms with Crippen molar-refractivity contribution < 1.29 is 9.47 Å². The number of ether oxygens (including phenoxy) is 2. The molecule has 0 radical (unpaired) electrons. The summed E-state index contributed by atoms with van der Waals surface area (Å²) in [5, 5.41) is 3.31. The van der Waals surface area contributed by atoms with Gasteiger partial charge < -0.3 is 14.8 Å². The van der Waals surface area contributed by atoms with E-state index in [0.717, 1.165) is 18.9 Å². The SMILES string of the molecule is Cc1cc(C)c(OCCOCCNC(C)C)c(C)c1. The second-order valence-corrected chi connectivity index (χ2v) is 5.30. The third kappa shape index (κ3) is 6.08. The molecule has 0 aliphatic rings. The molecule has 3 heteroatoms. The summed E-state index contributed by atoms with van der Waals surface area (Å²) in [4.78, 5) is 0. The maximum absolute atomic E-state index is 5.80.